The van der Waals surface area contributed by atoms with E-state index in [1.54, 1.807) is 0 Å². The van der Waals surface area contributed by atoms with Crippen molar-refractivity contribution in [3.8, 4) is 0 Å². The summed E-state index contributed by atoms with van der Waals surface area (Å²) in [4.78, 5) is 13.1. The van der Waals surface area contributed by atoms with Crippen LogP contribution in [0, 0.1) is 0 Å². The van der Waals surface area contributed by atoms with Crippen LogP contribution in [0.25, 0.3) is 21.8 Å². The van der Waals surface area contributed by atoms with E-state index in [-0.39, 0.29) is 13.0 Å². The molecule has 2 atom stereocenters. The predicted octanol–water partition coefficient (Wildman–Crippen LogP) is 2.73. The second kappa shape index (κ2) is 5.91. The number of aliphatic hydroxyl groups excluding tert-OH is 1. The maximum atomic E-state index is 13.3. The van der Waals surface area contributed by atoms with Gasteiger partial charge in [0.1, 0.15) is 0 Å². The number of aliphatic hydroxyl groups is 1. The van der Waals surface area contributed by atoms with Crippen molar-refractivity contribution in [2.45, 2.75) is 25.2 Å². The average Bonchev–Trinajstić information content (AvgIpc) is 3.08. The Morgan fingerprint density at radius 2 is 1.62 bits per heavy atom. The molecule has 24 heavy (non-hydrogen) atoms. The predicted molar refractivity (Wildman–Crippen MR) is 91.5 cm³/mol. The summed E-state index contributed by atoms with van der Waals surface area (Å²) in [6.07, 6.45) is -1.93. The molecule has 1 N–H and O–H groups in total. The third kappa shape index (κ3) is 2.45. The number of β-amino-alcohol motifs (C(OH)–C–C–N with tert-alkyl or cyclic N) is 1. The highest BCUT2D eigenvalue weighted by Gasteiger charge is 2.32. The van der Waals surface area contributed by atoms with Crippen LogP contribution >= 0.6 is 0 Å². The number of fused-ring (bicyclic) bond motifs is 3. The fourth-order valence-corrected chi connectivity index (χ4v) is 3.61. The lowest BCUT2D eigenvalue weighted by molar-refractivity contribution is -0.133. The van der Waals surface area contributed by atoms with Crippen molar-refractivity contribution < 1.29 is 14.3 Å². The molecule has 1 aliphatic rings. The lowest BCUT2D eigenvalue weighted by Gasteiger charge is -2.21. The summed E-state index contributed by atoms with van der Waals surface area (Å²) >= 11 is 0. The first-order valence-electron chi connectivity index (χ1n) is 8.22. The molecule has 0 spiro atoms. The molecule has 1 fully saturated rings. The number of hydrogen-bond acceptors (Lipinski definition) is 2. The quantitative estimate of drug-likeness (QED) is 0.801. The van der Waals surface area contributed by atoms with Gasteiger partial charge in [-0.15, -0.1) is 0 Å². The normalized spacial score (nSPS) is 19.5. The van der Waals surface area contributed by atoms with Crippen LogP contribution in [0.2, 0.25) is 0 Å². The molecular formula is C19H19FN2O2. The molecule has 124 valence electrons. The minimum Gasteiger partial charge on any atom is -0.389 e. The smallest absolute Gasteiger partial charge is 0.257 e. The van der Waals surface area contributed by atoms with E-state index in [2.05, 4.69) is 16.7 Å². The van der Waals surface area contributed by atoms with Crippen LogP contribution in [-0.4, -0.2) is 45.8 Å². The zero-order chi connectivity index (χ0) is 16.7. The van der Waals surface area contributed by atoms with Gasteiger partial charge in [-0.1, -0.05) is 36.4 Å². The van der Waals surface area contributed by atoms with Gasteiger partial charge in [-0.3, -0.25) is 4.79 Å². The molecule has 1 aromatic heterocycles. The summed E-state index contributed by atoms with van der Waals surface area (Å²) in [6.45, 7) is 0.916. The van der Waals surface area contributed by atoms with Gasteiger partial charge in [0.2, 0.25) is 0 Å². The molecular weight excluding hydrogens is 307 g/mol. The molecule has 0 unspecified atom stereocenters. The lowest BCUT2D eigenvalue weighted by Crippen LogP contribution is -2.37. The van der Waals surface area contributed by atoms with E-state index < -0.39 is 18.2 Å². The Morgan fingerprint density at radius 3 is 2.17 bits per heavy atom. The molecule has 0 bridgehead atoms. The van der Waals surface area contributed by atoms with Crippen molar-refractivity contribution in [2.75, 3.05) is 13.1 Å². The third-order valence-electron chi connectivity index (χ3n) is 4.74. The van der Waals surface area contributed by atoms with Gasteiger partial charge in [0, 0.05) is 41.3 Å². The Morgan fingerprint density at radius 1 is 1.04 bits per heavy atom. The van der Waals surface area contributed by atoms with Crippen molar-refractivity contribution >= 4 is 27.7 Å². The minimum atomic E-state index is -1.41. The van der Waals surface area contributed by atoms with Gasteiger partial charge in [0.15, 0.2) is 6.17 Å². The number of likely N-dealkylation sites (tertiary alicyclic amines) is 1. The molecule has 5 heteroatoms. The van der Waals surface area contributed by atoms with Gasteiger partial charge in [-0.25, -0.2) is 4.39 Å². The summed E-state index contributed by atoms with van der Waals surface area (Å²) < 4.78 is 15.4. The Bertz CT molecular complexity index is 851. The van der Waals surface area contributed by atoms with Crippen molar-refractivity contribution in [1.82, 2.24) is 9.47 Å². The van der Waals surface area contributed by atoms with Crippen LogP contribution in [0.3, 0.4) is 0 Å². The van der Waals surface area contributed by atoms with E-state index in [1.165, 1.54) is 4.90 Å². The van der Waals surface area contributed by atoms with Gasteiger partial charge in [-0.2, -0.15) is 0 Å². The second-order valence-electron chi connectivity index (χ2n) is 6.34. The molecule has 2 aromatic carbocycles. The van der Waals surface area contributed by atoms with E-state index >= 15 is 0 Å². The van der Waals surface area contributed by atoms with E-state index in [4.69, 9.17) is 0 Å². The van der Waals surface area contributed by atoms with Gasteiger partial charge in [0.05, 0.1) is 12.6 Å². The molecule has 1 aliphatic heterocycles. The topological polar surface area (TPSA) is 45.5 Å². The number of rotatable bonds is 4. The summed E-state index contributed by atoms with van der Waals surface area (Å²) in [5.74, 6) is -0.503. The molecule has 3 aromatic rings. The zero-order valence-electron chi connectivity index (χ0n) is 13.2. The highest BCUT2D eigenvalue weighted by molar-refractivity contribution is 6.07. The number of amides is 1. The van der Waals surface area contributed by atoms with Crippen LogP contribution < -0.4 is 0 Å². The van der Waals surface area contributed by atoms with Crippen LogP contribution in [0.4, 0.5) is 4.39 Å². The maximum absolute atomic E-state index is 13.3. The minimum absolute atomic E-state index is 0.167. The number of carbonyl (C=O) groups is 1. The van der Waals surface area contributed by atoms with Crippen LogP contribution in [0.5, 0.6) is 0 Å². The zero-order valence-corrected chi connectivity index (χ0v) is 13.2. The second-order valence-corrected chi connectivity index (χ2v) is 6.34. The number of halogens is 1. The number of hydrogen-bond donors (Lipinski definition) is 1. The Labute approximate surface area is 139 Å². The van der Waals surface area contributed by atoms with Crippen LogP contribution in [0.15, 0.2) is 48.5 Å². The van der Waals surface area contributed by atoms with Gasteiger partial charge >= 0.3 is 0 Å². The summed E-state index contributed by atoms with van der Waals surface area (Å²) in [5, 5.41) is 12.7. The average molecular weight is 326 g/mol. The van der Waals surface area contributed by atoms with Gasteiger partial charge < -0.3 is 14.6 Å². The highest BCUT2D eigenvalue weighted by atomic mass is 19.1. The fourth-order valence-electron chi connectivity index (χ4n) is 3.61. The number of para-hydroxylation sites is 2. The highest BCUT2D eigenvalue weighted by Crippen LogP contribution is 2.29. The Balaban J connectivity index is 1.65. The van der Waals surface area contributed by atoms with Gasteiger partial charge in [-0.05, 0) is 12.1 Å². The standard InChI is InChI=1S/C19H19FN2O2/c20-16-9-10-21(19(16)24)11-13(23)12-22-17-7-3-1-5-14(17)15-6-2-4-8-18(15)22/h1-8,13,16,23H,9-12H2/t13-,16-/m1/s1. The maximum Gasteiger partial charge on any atom is 0.257 e. The largest absolute Gasteiger partial charge is 0.389 e. The fraction of sp³-hybridized carbons (Fsp3) is 0.316. The van der Waals surface area contributed by atoms with Crippen molar-refractivity contribution in [3.05, 3.63) is 48.5 Å². The molecule has 0 radical (unpaired) electrons. The number of carbonyl (C=O) groups excluding carboxylic acids is 1. The van der Waals surface area contributed by atoms with Gasteiger partial charge in [0.25, 0.3) is 5.91 Å². The summed E-state index contributed by atoms with van der Waals surface area (Å²) in [6, 6.07) is 16.1. The van der Waals surface area contributed by atoms with E-state index in [1.807, 2.05) is 36.4 Å². The summed E-state index contributed by atoms with van der Waals surface area (Å²) in [5.41, 5.74) is 2.10. The monoisotopic (exact) mass is 326 g/mol. The first kappa shape index (κ1) is 15.1. The first-order chi connectivity index (χ1) is 11.6. The summed E-state index contributed by atoms with van der Waals surface area (Å²) in [7, 11) is 0. The van der Waals surface area contributed by atoms with Crippen LogP contribution in [0.1, 0.15) is 6.42 Å². The van der Waals surface area contributed by atoms with Crippen molar-refractivity contribution in [1.29, 1.82) is 0 Å². The molecule has 0 aliphatic carbocycles. The lowest BCUT2D eigenvalue weighted by atomic mass is 10.2. The van der Waals surface area contributed by atoms with Crippen molar-refractivity contribution in [2.24, 2.45) is 0 Å². The molecule has 4 nitrogen and oxygen atoms in total. The number of alkyl halides is 1. The van der Waals surface area contributed by atoms with Crippen LogP contribution in [-0.2, 0) is 11.3 Å². The third-order valence-corrected chi connectivity index (χ3v) is 4.74. The number of aromatic nitrogens is 1. The Hall–Kier alpha value is -2.40. The van der Waals surface area contributed by atoms with E-state index in [0.29, 0.717) is 13.1 Å². The van der Waals surface area contributed by atoms with E-state index in [0.717, 1.165) is 21.8 Å². The Kier molecular flexibility index (Phi) is 3.73. The molecule has 2 heterocycles. The number of nitrogens with zero attached hydrogens (tertiary/aromatic N) is 2. The molecule has 0 saturated carbocycles. The molecule has 4 rings (SSSR count). The number of benzene rings is 2. The first-order valence-corrected chi connectivity index (χ1v) is 8.22. The SMILES string of the molecule is O=C1[C@H](F)CCN1C[C@@H](O)Cn1c2ccccc2c2ccccc21. The van der Waals surface area contributed by atoms with Crippen molar-refractivity contribution in [3.63, 3.8) is 0 Å². The van der Waals surface area contributed by atoms with E-state index in [9.17, 15) is 14.3 Å². The molecule has 1 saturated heterocycles. The molecule has 1 amide bonds.